The van der Waals surface area contributed by atoms with Crippen LogP contribution in [-0.2, 0) is 14.6 Å². The molecule has 1 aromatic carbocycles. The number of halogens is 1. The second kappa shape index (κ2) is 6.01. The highest BCUT2D eigenvalue weighted by Gasteiger charge is 2.33. The third-order valence-electron chi connectivity index (χ3n) is 2.81. The first-order valence-corrected chi connectivity index (χ1v) is 7.49. The summed E-state index contributed by atoms with van der Waals surface area (Å²) in [6.07, 6.45) is 1.26. The number of methoxy groups -OCH3 is 1. The number of carbonyl (C=O) groups is 1. The number of aromatic nitrogens is 1. The van der Waals surface area contributed by atoms with E-state index >= 15 is 0 Å². The minimum absolute atomic E-state index is 0.132. The van der Waals surface area contributed by atoms with Gasteiger partial charge in [0.2, 0.25) is 15.3 Å². The summed E-state index contributed by atoms with van der Waals surface area (Å²) in [4.78, 5) is 15.3. The van der Waals surface area contributed by atoms with Gasteiger partial charge in [-0.05, 0) is 18.2 Å². The molecule has 0 radical (unpaired) electrons. The molecule has 0 bridgehead atoms. The van der Waals surface area contributed by atoms with Crippen LogP contribution in [0.25, 0.3) is 0 Å². The van der Waals surface area contributed by atoms with E-state index < -0.39 is 26.3 Å². The zero-order chi connectivity index (χ0) is 15.5. The quantitative estimate of drug-likeness (QED) is 0.810. The van der Waals surface area contributed by atoms with Crippen LogP contribution in [0.3, 0.4) is 0 Å². The van der Waals surface area contributed by atoms with Crippen LogP contribution < -0.4 is 0 Å². The monoisotopic (exact) mass is 309 g/mol. The minimum atomic E-state index is -4.34. The highest BCUT2D eigenvalue weighted by molar-refractivity contribution is 7.91. The molecule has 1 heterocycles. The van der Waals surface area contributed by atoms with Crippen molar-refractivity contribution in [1.82, 2.24) is 4.98 Å². The molecule has 0 saturated carbocycles. The SMILES string of the molecule is COC(=O)c1ccccc1C(F)S(=O)(=O)c1ccccn1. The van der Waals surface area contributed by atoms with E-state index in [4.69, 9.17) is 0 Å². The highest BCUT2D eigenvalue weighted by atomic mass is 32.2. The van der Waals surface area contributed by atoms with E-state index in [1.165, 1.54) is 48.7 Å². The van der Waals surface area contributed by atoms with Crippen LogP contribution in [0.15, 0.2) is 53.7 Å². The lowest BCUT2D eigenvalue weighted by Crippen LogP contribution is -2.15. The molecule has 0 fully saturated rings. The normalized spacial score (nSPS) is 12.7. The lowest BCUT2D eigenvalue weighted by molar-refractivity contribution is 0.0598. The molecular formula is C14H12FNO4S. The van der Waals surface area contributed by atoms with Crippen molar-refractivity contribution in [1.29, 1.82) is 0 Å². The van der Waals surface area contributed by atoms with Crippen molar-refractivity contribution in [3.05, 3.63) is 59.8 Å². The number of pyridine rings is 1. The average Bonchev–Trinajstić information content (AvgIpc) is 2.54. The van der Waals surface area contributed by atoms with Gasteiger partial charge < -0.3 is 4.74 Å². The number of benzene rings is 1. The highest BCUT2D eigenvalue weighted by Crippen LogP contribution is 2.31. The minimum Gasteiger partial charge on any atom is -0.465 e. The molecule has 0 aliphatic heterocycles. The van der Waals surface area contributed by atoms with E-state index in [0.29, 0.717) is 0 Å². The van der Waals surface area contributed by atoms with E-state index in [1.54, 1.807) is 0 Å². The van der Waals surface area contributed by atoms with Gasteiger partial charge in [0, 0.05) is 11.8 Å². The van der Waals surface area contributed by atoms with Gasteiger partial charge in [0.25, 0.3) is 0 Å². The van der Waals surface area contributed by atoms with E-state index in [-0.39, 0.29) is 11.1 Å². The first kappa shape index (κ1) is 15.1. The Morgan fingerprint density at radius 2 is 1.86 bits per heavy atom. The molecule has 0 N–H and O–H groups in total. The number of hydrogen-bond donors (Lipinski definition) is 0. The Morgan fingerprint density at radius 1 is 1.19 bits per heavy atom. The summed E-state index contributed by atoms with van der Waals surface area (Å²) in [7, 11) is -3.20. The number of nitrogens with zero attached hydrogens (tertiary/aromatic N) is 1. The fraction of sp³-hybridized carbons (Fsp3) is 0.143. The zero-order valence-electron chi connectivity index (χ0n) is 11.1. The number of carbonyl (C=O) groups excluding carboxylic acids is 1. The molecule has 1 aromatic heterocycles. The average molecular weight is 309 g/mol. The maximum atomic E-state index is 14.5. The molecule has 0 amide bonds. The van der Waals surface area contributed by atoms with Crippen LogP contribution in [0, 0.1) is 0 Å². The molecule has 1 unspecified atom stereocenters. The second-order valence-corrected chi connectivity index (χ2v) is 6.03. The molecule has 5 nitrogen and oxygen atoms in total. The van der Waals surface area contributed by atoms with Crippen molar-refractivity contribution in [3.63, 3.8) is 0 Å². The molecule has 7 heteroatoms. The second-order valence-electron chi connectivity index (χ2n) is 4.11. The van der Waals surface area contributed by atoms with Crippen molar-refractivity contribution in [3.8, 4) is 0 Å². The number of sulfone groups is 1. The predicted octanol–water partition coefficient (Wildman–Crippen LogP) is 2.31. The van der Waals surface area contributed by atoms with Crippen molar-refractivity contribution in [2.75, 3.05) is 7.11 Å². The smallest absolute Gasteiger partial charge is 0.338 e. The van der Waals surface area contributed by atoms with Gasteiger partial charge in [-0.2, -0.15) is 0 Å². The molecule has 110 valence electrons. The lowest BCUT2D eigenvalue weighted by Gasteiger charge is -2.12. The summed E-state index contributed by atoms with van der Waals surface area (Å²) in [5, 5.41) is -0.392. The summed E-state index contributed by atoms with van der Waals surface area (Å²) in [5.74, 6) is -0.801. The van der Waals surface area contributed by atoms with Gasteiger partial charge >= 0.3 is 5.97 Å². The molecule has 0 aliphatic carbocycles. The lowest BCUT2D eigenvalue weighted by atomic mass is 10.1. The van der Waals surface area contributed by atoms with Crippen molar-refractivity contribution in [2.45, 2.75) is 10.5 Å². The fourth-order valence-corrected chi connectivity index (χ4v) is 3.01. The number of ether oxygens (including phenoxy) is 1. The Balaban J connectivity index is 2.51. The summed E-state index contributed by atoms with van der Waals surface area (Å²) in [6, 6.07) is 9.65. The van der Waals surface area contributed by atoms with Crippen LogP contribution in [0.2, 0.25) is 0 Å². The van der Waals surface area contributed by atoms with Crippen molar-refractivity contribution >= 4 is 15.8 Å². The van der Waals surface area contributed by atoms with Crippen molar-refractivity contribution < 1.29 is 22.3 Å². The van der Waals surface area contributed by atoms with Gasteiger partial charge in [-0.1, -0.05) is 24.3 Å². The maximum Gasteiger partial charge on any atom is 0.338 e. The molecule has 2 aromatic rings. The topological polar surface area (TPSA) is 73.3 Å². The molecule has 0 saturated heterocycles. The third-order valence-corrected chi connectivity index (χ3v) is 4.44. The van der Waals surface area contributed by atoms with Crippen LogP contribution in [0.1, 0.15) is 21.4 Å². The Kier molecular flexibility index (Phi) is 4.32. The summed E-state index contributed by atoms with van der Waals surface area (Å²) >= 11 is 0. The molecule has 1 atom stereocenters. The van der Waals surface area contributed by atoms with Crippen LogP contribution in [0.4, 0.5) is 4.39 Å². The largest absolute Gasteiger partial charge is 0.465 e. The summed E-state index contributed by atoms with van der Waals surface area (Å²) < 4.78 is 43.5. The Hall–Kier alpha value is -2.28. The van der Waals surface area contributed by atoms with Crippen LogP contribution in [-0.4, -0.2) is 26.5 Å². The molecule has 0 spiro atoms. The van der Waals surface area contributed by atoms with Gasteiger partial charge in [-0.3, -0.25) is 0 Å². The first-order chi connectivity index (χ1) is 9.98. The van der Waals surface area contributed by atoms with Crippen LogP contribution >= 0.6 is 0 Å². The fourth-order valence-electron chi connectivity index (χ4n) is 1.78. The molecular weight excluding hydrogens is 297 g/mol. The third kappa shape index (κ3) is 2.92. The van der Waals surface area contributed by atoms with Gasteiger partial charge in [0.15, 0.2) is 5.03 Å². The van der Waals surface area contributed by atoms with Gasteiger partial charge in [0.1, 0.15) is 0 Å². The van der Waals surface area contributed by atoms with Crippen molar-refractivity contribution in [2.24, 2.45) is 0 Å². The summed E-state index contributed by atoms with van der Waals surface area (Å²) in [5.41, 5.74) is -2.80. The van der Waals surface area contributed by atoms with E-state index in [1.807, 2.05) is 0 Å². The zero-order valence-corrected chi connectivity index (χ0v) is 11.9. The Labute approximate surface area is 121 Å². The molecule has 2 rings (SSSR count). The van der Waals surface area contributed by atoms with E-state index in [0.717, 1.165) is 7.11 Å². The Bertz CT molecular complexity index is 747. The van der Waals surface area contributed by atoms with E-state index in [2.05, 4.69) is 9.72 Å². The maximum absolute atomic E-state index is 14.5. The number of rotatable bonds is 4. The van der Waals surface area contributed by atoms with Crippen LogP contribution in [0.5, 0.6) is 0 Å². The standard InChI is InChI=1S/C14H12FNO4S/c1-20-14(17)11-7-3-2-6-10(11)13(15)21(18,19)12-8-4-5-9-16-12/h2-9,13H,1H3. The van der Waals surface area contributed by atoms with E-state index in [9.17, 15) is 17.6 Å². The van der Waals surface area contributed by atoms with Gasteiger partial charge in [-0.25, -0.2) is 22.6 Å². The molecule has 21 heavy (non-hydrogen) atoms. The van der Waals surface area contributed by atoms with Gasteiger partial charge in [-0.15, -0.1) is 0 Å². The Morgan fingerprint density at radius 3 is 2.48 bits per heavy atom. The molecule has 0 aliphatic rings. The number of hydrogen-bond acceptors (Lipinski definition) is 5. The predicted molar refractivity (Wildman–Crippen MR) is 73.1 cm³/mol. The van der Waals surface area contributed by atoms with Gasteiger partial charge in [0.05, 0.1) is 12.7 Å². The number of esters is 1. The summed E-state index contributed by atoms with van der Waals surface area (Å²) in [6.45, 7) is 0. The first-order valence-electron chi connectivity index (χ1n) is 5.94. The number of alkyl halides is 1.